The zero-order valence-electron chi connectivity index (χ0n) is 14.8. The van der Waals surface area contributed by atoms with E-state index >= 15 is 0 Å². The molecule has 0 aliphatic heterocycles. The highest BCUT2D eigenvalue weighted by molar-refractivity contribution is 7.92. The number of carbonyl (C=O) groups is 1. The molecule has 6 nitrogen and oxygen atoms in total. The minimum atomic E-state index is -4.00. The van der Waals surface area contributed by atoms with Crippen LogP contribution in [-0.2, 0) is 14.8 Å². The fourth-order valence-corrected chi connectivity index (χ4v) is 3.97. The van der Waals surface area contributed by atoms with Crippen LogP contribution in [0.1, 0.15) is 12.5 Å². The Labute approximate surface area is 158 Å². The number of aryl methyl sites for hydroxylation is 1. The highest BCUT2D eigenvalue weighted by Crippen LogP contribution is 2.34. The van der Waals surface area contributed by atoms with Crippen LogP contribution in [0.2, 0.25) is 5.02 Å². The summed E-state index contributed by atoms with van der Waals surface area (Å²) in [6.45, 7) is 3.63. The highest BCUT2D eigenvalue weighted by atomic mass is 35.5. The molecule has 0 radical (unpaired) electrons. The van der Waals surface area contributed by atoms with Gasteiger partial charge in [-0.1, -0.05) is 29.3 Å². The van der Waals surface area contributed by atoms with Gasteiger partial charge in [-0.25, -0.2) is 8.42 Å². The fraction of sp³-hybridized carbons (Fsp3) is 0.278. The molecule has 2 rings (SSSR count). The zero-order chi connectivity index (χ0) is 19.3. The van der Waals surface area contributed by atoms with Crippen molar-refractivity contribution in [2.45, 2.75) is 18.7 Å². The second-order valence-corrected chi connectivity index (χ2v) is 7.89. The molecule has 0 fully saturated rings. The molecule has 1 N–H and O–H groups in total. The van der Waals surface area contributed by atoms with E-state index in [1.54, 1.807) is 31.2 Å². The Bertz CT molecular complexity index is 883. The smallest absolute Gasteiger partial charge is 0.264 e. The summed E-state index contributed by atoms with van der Waals surface area (Å²) >= 11 is 6.05. The Kier molecular flexibility index (Phi) is 6.50. The molecular weight excluding hydrogens is 376 g/mol. The first-order chi connectivity index (χ1) is 12.3. The number of nitrogens with zero attached hydrogens (tertiary/aromatic N) is 1. The third-order valence-electron chi connectivity index (χ3n) is 3.68. The van der Waals surface area contributed by atoms with Gasteiger partial charge in [0.1, 0.15) is 12.3 Å². The first kappa shape index (κ1) is 20.1. The number of carbonyl (C=O) groups excluding carboxylic acids is 1. The van der Waals surface area contributed by atoms with Crippen molar-refractivity contribution in [2.24, 2.45) is 0 Å². The van der Waals surface area contributed by atoms with Crippen LogP contribution >= 0.6 is 11.6 Å². The van der Waals surface area contributed by atoms with Crippen LogP contribution in [-0.4, -0.2) is 34.5 Å². The van der Waals surface area contributed by atoms with Crippen molar-refractivity contribution >= 4 is 33.2 Å². The first-order valence-electron chi connectivity index (χ1n) is 7.99. The summed E-state index contributed by atoms with van der Waals surface area (Å²) in [7, 11) is -2.57. The van der Waals surface area contributed by atoms with Crippen LogP contribution in [0.3, 0.4) is 0 Å². The number of likely N-dealkylation sites (N-methyl/N-ethyl adjacent to an activating group) is 1. The topological polar surface area (TPSA) is 75.7 Å². The van der Waals surface area contributed by atoms with Crippen molar-refractivity contribution in [3.63, 3.8) is 0 Å². The SMILES string of the molecule is CCNC(=O)CN(c1cc(Cl)ccc1OC)S(=O)(=O)c1ccc(C)cc1. The van der Waals surface area contributed by atoms with Crippen molar-refractivity contribution < 1.29 is 17.9 Å². The van der Waals surface area contributed by atoms with E-state index in [2.05, 4.69) is 5.32 Å². The third-order valence-corrected chi connectivity index (χ3v) is 5.69. The predicted octanol–water partition coefficient (Wildman–Crippen LogP) is 2.99. The number of sulfonamides is 1. The molecule has 0 spiro atoms. The van der Waals surface area contributed by atoms with Gasteiger partial charge in [0.2, 0.25) is 5.91 Å². The lowest BCUT2D eigenvalue weighted by Gasteiger charge is -2.25. The van der Waals surface area contributed by atoms with Gasteiger partial charge in [0, 0.05) is 11.6 Å². The largest absolute Gasteiger partial charge is 0.495 e. The molecule has 140 valence electrons. The van der Waals surface area contributed by atoms with Crippen molar-refractivity contribution in [2.75, 3.05) is 24.5 Å². The Morgan fingerprint density at radius 1 is 1.19 bits per heavy atom. The zero-order valence-corrected chi connectivity index (χ0v) is 16.4. The van der Waals surface area contributed by atoms with E-state index in [0.717, 1.165) is 9.87 Å². The molecule has 0 heterocycles. The van der Waals surface area contributed by atoms with Gasteiger partial charge in [0.25, 0.3) is 10.0 Å². The van der Waals surface area contributed by atoms with Crippen molar-refractivity contribution in [3.8, 4) is 5.75 Å². The lowest BCUT2D eigenvalue weighted by atomic mass is 10.2. The van der Waals surface area contributed by atoms with Crippen molar-refractivity contribution in [1.29, 1.82) is 0 Å². The van der Waals surface area contributed by atoms with E-state index in [0.29, 0.717) is 17.3 Å². The van der Waals surface area contributed by atoms with Crippen molar-refractivity contribution in [3.05, 3.63) is 53.1 Å². The van der Waals surface area contributed by atoms with Gasteiger partial charge in [0.15, 0.2) is 0 Å². The number of amides is 1. The van der Waals surface area contributed by atoms with Crippen LogP contribution in [0.5, 0.6) is 5.75 Å². The van der Waals surface area contributed by atoms with Crippen LogP contribution in [0, 0.1) is 6.92 Å². The molecule has 0 atom stereocenters. The Morgan fingerprint density at radius 3 is 2.42 bits per heavy atom. The predicted molar refractivity (Wildman–Crippen MR) is 102 cm³/mol. The summed E-state index contributed by atoms with van der Waals surface area (Å²) in [4.78, 5) is 12.2. The van der Waals surface area contributed by atoms with Gasteiger partial charge in [-0.2, -0.15) is 0 Å². The standard InChI is InChI=1S/C18H21ClN2O4S/c1-4-20-18(22)12-21(16-11-14(19)7-10-17(16)25-3)26(23,24)15-8-5-13(2)6-9-15/h5-11H,4,12H2,1-3H3,(H,20,22). The maximum absolute atomic E-state index is 13.2. The van der Waals surface area contributed by atoms with E-state index < -0.39 is 15.9 Å². The number of nitrogens with one attached hydrogen (secondary N) is 1. The summed E-state index contributed by atoms with van der Waals surface area (Å²) in [5, 5.41) is 2.95. The minimum Gasteiger partial charge on any atom is -0.495 e. The maximum atomic E-state index is 13.2. The summed E-state index contributed by atoms with van der Waals surface area (Å²) in [5.41, 5.74) is 1.13. The second-order valence-electron chi connectivity index (χ2n) is 5.59. The Morgan fingerprint density at radius 2 is 1.85 bits per heavy atom. The van der Waals surface area contributed by atoms with E-state index in [-0.39, 0.29) is 17.1 Å². The Hall–Kier alpha value is -2.25. The van der Waals surface area contributed by atoms with Gasteiger partial charge < -0.3 is 10.1 Å². The lowest BCUT2D eigenvalue weighted by molar-refractivity contribution is -0.119. The van der Waals surface area contributed by atoms with Crippen LogP contribution < -0.4 is 14.4 Å². The molecule has 8 heteroatoms. The van der Waals surface area contributed by atoms with Crippen molar-refractivity contribution in [1.82, 2.24) is 5.32 Å². The van der Waals surface area contributed by atoms with Gasteiger partial charge in [-0.05, 0) is 44.2 Å². The fourth-order valence-electron chi connectivity index (χ4n) is 2.38. The summed E-state index contributed by atoms with van der Waals surface area (Å²) in [6, 6.07) is 11.0. The van der Waals surface area contributed by atoms with Crippen LogP contribution in [0.15, 0.2) is 47.4 Å². The van der Waals surface area contributed by atoms with E-state index in [1.807, 2.05) is 6.92 Å². The molecule has 2 aromatic carbocycles. The average Bonchev–Trinajstić information content (AvgIpc) is 2.60. The highest BCUT2D eigenvalue weighted by Gasteiger charge is 2.29. The molecule has 0 aromatic heterocycles. The first-order valence-corrected chi connectivity index (χ1v) is 9.81. The molecule has 26 heavy (non-hydrogen) atoms. The molecule has 0 aliphatic carbocycles. The maximum Gasteiger partial charge on any atom is 0.264 e. The number of anilines is 1. The van der Waals surface area contributed by atoms with Crippen LogP contribution in [0.25, 0.3) is 0 Å². The number of ether oxygens (including phenoxy) is 1. The lowest BCUT2D eigenvalue weighted by Crippen LogP contribution is -2.41. The monoisotopic (exact) mass is 396 g/mol. The number of hydrogen-bond acceptors (Lipinski definition) is 4. The molecule has 0 aliphatic rings. The van der Waals surface area contributed by atoms with E-state index in [9.17, 15) is 13.2 Å². The van der Waals surface area contributed by atoms with Gasteiger partial charge in [-0.15, -0.1) is 0 Å². The van der Waals surface area contributed by atoms with Gasteiger partial charge in [0.05, 0.1) is 17.7 Å². The third kappa shape index (κ3) is 4.47. The molecule has 0 saturated carbocycles. The van der Waals surface area contributed by atoms with E-state index in [1.165, 1.54) is 25.3 Å². The molecule has 0 bridgehead atoms. The molecule has 2 aromatic rings. The minimum absolute atomic E-state index is 0.0782. The van der Waals surface area contributed by atoms with Gasteiger partial charge >= 0.3 is 0 Å². The summed E-state index contributed by atoms with van der Waals surface area (Å²) < 4.78 is 32.7. The number of benzene rings is 2. The molecule has 1 amide bonds. The quantitative estimate of drug-likeness (QED) is 0.780. The molecule has 0 saturated heterocycles. The van der Waals surface area contributed by atoms with Crippen LogP contribution in [0.4, 0.5) is 5.69 Å². The molecule has 0 unspecified atom stereocenters. The number of halogens is 1. The second kappa shape index (κ2) is 8.42. The van der Waals surface area contributed by atoms with Gasteiger partial charge in [-0.3, -0.25) is 9.10 Å². The summed E-state index contributed by atoms with van der Waals surface area (Å²) in [5.74, 6) is -0.125. The normalized spacial score (nSPS) is 11.1. The molecular formula is C18H21ClN2O4S. The number of rotatable bonds is 7. The van der Waals surface area contributed by atoms with E-state index in [4.69, 9.17) is 16.3 Å². The summed E-state index contributed by atoms with van der Waals surface area (Å²) in [6.07, 6.45) is 0. The number of hydrogen-bond donors (Lipinski definition) is 1. The number of methoxy groups -OCH3 is 1. The average molecular weight is 397 g/mol. The Balaban J connectivity index is 2.59.